The molecule has 14 heavy (non-hydrogen) atoms. The fraction of sp³-hybridized carbons (Fsp3) is 0.875. The Morgan fingerprint density at radius 1 is 1.29 bits per heavy atom. The normalized spacial score (nSPS) is 13.6. The molecule has 6 nitrogen and oxygen atoms in total. The van der Waals surface area contributed by atoms with Crippen molar-refractivity contribution in [2.45, 2.75) is 0 Å². The Kier molecular flexibility index (Phi) is 20.8. The lowest BCUT2D eigenvalue weighted by Gasteiger charge is -1.94. The van der Waals surface area contributed by atoms with E-state index in [0.717, 1.165) is 19.9 Å². The Labute approximate surface area is 84.3 Å². The molecule has 0 aromatic rings. The van der Waals surface area contributed by atoms with Crippen LogP contribution in [0.1, 0.15) is 0 Å². The van der Waals surface area contributed by atoms with Gasteiger partial charge in [0, 0.05) is 19.6 Å². The molecule has 0 amide bonds. The molecule has 1 fully saturated rings. The lowest BCUT2D eigenvalue weighted by Crippen LogP contribution is -2.21. The summed E-state index contributed by atoms with van der Waals surface area (Å²) in [5.41, 5.74) is 0. The summed E-state index contributed by atoms with van der Waals surface area (Å²) in [5, 5.41) is 22.1. The van der Waals surface area contributed by atoms with Crippen LogP contribution in [0.3, 0.4) is 0 Å². The van der Waals surface area contributed by atoms with E-state index in [0.29, 0.717) is 13.1 Å². The molecular weight excluding hydrogens is 188 g/mol. The van der Waals surface area contributed by atoms with E-state index in [1.807, 2.05) is 6.79 Å². The summed E-state index contributed by atoms with van der Waals surface area (Å²) < 4.78 is 4.83. The van der Waals surface area contributed by atoms with Crippen molar-refractivity contribution in [1.82, 2.24) is 10.6 Å². The first-order chi connectivity index (χ1) is 6.91. The highest BCUT2D eigenvalue weighted by Gasteiger charge is 1.92. The minimum atomic E-state index is 0.139. The second-order valence-electron chi connectivity index (χ2n) is 2.25. The minimum absolute atomic E-state index is 0.139. The van der Waals surface area contributed by atoms with Crippen molar-refractivity contribution in [1.29, 1.82) is 0 Å². The van der Waals surface area contributed by atoms with Crippen LogP contribution in [0.5, 0.6) is 0 Å². The number of carbonyl (C=O) groups excluding carboxylic acids is 1. The van der Waals surface area contributed by atoms with Crippen molar-refractivity contribution in [2.24, 2.45) is 0 Å². The van der Waals surface area contributed by atoms with E-state index in [4.69, 9.17) is 19.7 Å². The third kappa shape index (κ3) is 17.5. The fourth-order valence-electron chi connectivity index (χ4n) is 0.644. The molecule has 1 aliphatic rings. The topological polar surface area (TPSA) is 90.8 Å². The molecule has 0 aliphatic carbocycles. The van der Waals surface area contributed by atoms with E-state index in [9.17, 15) is 0 Å². The molecule has 0 aromatic heterocycles. The SMILES string of the molecule is C1COCN1.C=O.OCCNCCO. The Morgan fingerprint density at radius 3 is 2.07 bits per heavy atom. The summed E-state index contributed by atoms with van der Waals surface area (Å²) in [6, 6.07) is 0. The average Bonchev–Trinajstić information content (AvgIpc) is 2.80. The third-order valence-electron chi connectivity index (χ3n) is 1.20. The molecule has 0 radical (unpaired) electrons. The van der Waals surface area contributed by atoms with Crippen molar-refractivity contribution in [3.05, 3.63) is 0 Å². The molecule has 0 spiro atoms. The maximum Gasteiger partial charge on any atom is 0.106 e. The zero-order valence-corrected chi connectivity index (χ0v) is 8.37. The second-order valence-corrected chi connectivity index (χ2v) is 2.25. The van der Waals surface area contributed by atoms with Crippen LogP contribution in [0.15, 0.2) is 0 Å². The van der Waals surface area contributed by atoms with Gasteiger partial charge in [0.2, 0.25) is 0 Å². The van der Waals surface area contributed by atoms with Crippen molar-refractivity contribution < 1.29 is 19.7 Å². The quantitative estimate of drug-likeness (QED) is 0.397. The molecule has 1 saturated heterocycles. The standard InChI is InChI=1S/C4H11NO2.C3H7NO.CH2O/c6-3-1-5-2-4-7;1-2-5-3-4-1;1-2/h5-7H,1-4H2;4H,1-3H2;1H2. The highest BCUT2D eigenvalue weighted by atomic mass is 16.5. The van der Waals surface area contributed by atoms with E-state index in [2.05, 4.69) is 10.6 Å². The third-order valence-corrected chi connectivity index (χ3v) is 1.20. The Hall–Kier alpha value is -0.530. The van der Waals surface area contributed by atoms with Crippen molar-refractivity contribution in [2.75, 3.05) is 46.2 Å². The molecule has 4 N–H and O–H groups in total. The van der Waals surface area contributed by atoms with Crippen molar-refractivity contribution in [3.63, 3.8) is 0 Å². The zero-order valence-electron chi connectivity index (χ0n) is 8.37. The van der Waals surface area contributed by atoms with E-state index in [1.54, 1.807) is 0 Å². The number of aliphatic hydroxyl groups is 2. The average molecular weight is 208 g/mol. The first-order valence-corrected chi connectivity index (χ1v) is 4.41. The van der Waals surface area contributed by atoms with Gasteiger partial charge in [-0.1, -0.05) is 0 Å². The summed E-state index contributed by atoms with van der Waals surface area (Å²) in [4.78, 5) is 8.00. The number of hydrogen-bond donors (Lipinski definition) is 4. The van der Waals surface area contributed by atoms with Gasteiger partial charge in [0.25, 0.3) is 0 Å². The first-order valence-electron chi connectivity index (χ1n) is 4.41. The predicted octanol–water partition coefficient (Wildman–Crippen LogP) is -2.06. The molecule has 0 aromatic carbocycles. The van der Waals surface area contributed by atoms with Gasteiger partial charge in [-0.3, -0.25) is 5.32 Å². The van der Waals surface area contributed by atoms with E-state index < -0.39 is 0 Å². The van der Waals surface area contributed by atoms with Gasteiger partial charge in [-0.05, 0) is 0 Å². The van der Waals surface area contributed by atoms with Crippen LogP contribution in [0.2, 0.25) is 0 Å². The van der Waals surface area contributed by atoms with Crippen LogP contribution in [0.4, 0.5) is 0 Å². The van der Waals surface area contributed by atoms with Gasteiger partial charge >= 0.3 is 0 Å². The van der Waals surface area contributed by atoms with Gasteiger partial charge in [-0.15, -0.1) is 0 Å². The van der Waals surface area contributed by atoms with Crippen LogP contribution >= 0.6 is 0 Å². The highest BCUT2D eigenvalue weighted by Crippen LogP contribution is 1.75. The number of rotatable bonds is 4. The molecule has 1 heterocycles. The number of nitrogens with one attached hydrogen (secondary N) is 2. The molecule has 0 unspecified atom stereocenters. The number of hydrogen-bond acceptors (Lipinski definition) is 6. The van der Waals surface area contributed by atoms with Gasteiger partial charge in [0.15, 0.2) is 0 Å². The number of ether oxygens (including phenoxy) is 1. The fourth-order valence-corrected chi connectivity index (χ4v) is 0.644. The molecule has 1 aliphatic heterocycles. The smallest absolute Gasteiger partial charge is 0.106 e. The minimum Gasteiger partial charge on any atom is -0.395 e. The lowest BCUT2D eigenvalue weighted by molar-refractivity contribution is -0.0979. The van der Waals surface area contributed by atoms with Gasteiger partial charge in [0.05, 0.1) is 26.6 Å². The second kappa shape index (κ2) is 18.3. The molecule has 86 valence electrons. The zero-order chi connectivity index (χ0) is 11.1. The van der Waals surface area contributed by atoms with Crippen LogP contribution in [-0.4, -0.2) is 63.2 Å². The van der Waals surface area contributed by atoms with Crippen LogP contribution in [-0.2, 0) is 9.53 Å². The predicted molar refractivity (Wildman–Crippen MR) is 53.0 cm³/mol. The van der Waals surface area contributed by atoms with Crippen molar-refractivity contribution >= 4 is 6.79 Å². The Bertz CT molecular complexity index is 79.8. The Balaban J connectivity index is 0. The van der Waals surface area contributed by atoms with Gasteiger partial charge in [-0.25, -0.2) is 0 Å². The summed E-state index contributed by atoms with van der Waals surface area (Å²) in [6.07, 6.45) is 0. The summed E-state index contributed by atoms with van der Waals surface area (Å²) in [6.45, 7) is 6.08. The summed E-state index contributed by atoms with van der Waals surface area (Å²) in [7, 11) is 0. The van der Waals surface area contributed by atoms with Gasteiger partial charge < -0.3 is 25.1 Å². The van der Waals surface area contributed by atoms with E-state index in [-0.39, 0.29) is 13.2 Å². The maximum absolute atomic E-state index is 8.15. The molecular formula is C8H20N2O4. The molecule has 6 heteroatoms. The largest absolute Gasteiger partial charge is 0.395 e. The highest BCUT2D eigenvalue weighted by molar-refractivity contribution is 5.10. The van der Waals surface area contributed by atoms with Crippen LogP contribution < -0.4 is 10.6 Å². The number of aliphatic hydroxyl groups excluding tert-OH is 2. The van der Waals surface area contributed by atoms with Crippen molar-refractivity contribution in [3.8, 4) is 0 Å². The van der Waals surface area contributed by atoms with Gasteiger partial charge in [0.1, 0.15) is 6.79 Å². The van der Waals surface area contributed by atoms with E-state index in [1.165, 1.54) is 0 Å². The van der Waals surface area contributed by atoms with Crippen LogP contribution in [0.25, 0.3) is 0 Å². The van der Waals surface area contributed by atoms with E-state index >= 15 is 0 Å². The molecule has 1 rings (SSSR count). The number of carbonyl (C=O) groups is 1. The van der Waals surface area contributed by atoms with Crippen LogP contribution in [0, 0.1) is 0 Å². The molecule has 0 atom stereocenters. The first kappa shape index (κ1) is 15.9. The molecule has 0 bridgehead atoms. The molecule has 0 saturated carbocycles. The lowest BCUT2D eigenvalue weighted by atomic mass is 10.6. The summed E-state index contributed by atoms with van der Waals surface area (Å²) >= 11 is 0. The maximum atomic E-state index is 8.15. The monoisotopic (exact) mass is 208 g/mol. The van der Waals surface area contributed by atoms with Gasteiger partial charge in [-0.2, -0.15) is 0 Å². The summed E-state index contributed by atoms with van der Waals surface area (Å²) in [5.74, 6) is 0. The Morgan fingerprint density at radius 2 is 1.86 bits per heavy atom.